The highest BCUT2D eigenvalue weighted by molar-refractivity contribution is 6.31. The van der Waals surface area contributed by atoms with Crippen LogP contribution >= 0.6 is 11.6 Å². The third-order valence-electron chi connectivity index (χ3n) is 5.02. The molecule has 1 heterocycles. The van der Waals surface area contributed by atoms with Gasteiger partial charge in [-0.2, -0.15) is 0 Å². The van der Waals surface area contributed by atoms with Crippen molar-refractivity contribution in [3.05, 3.63) is 58.9 Å². The molecule has 1 saturated heterocycles. The first-order chi connectivity index (χ1) is 16.4. The van der Waals surface area contributed by atoms with E-state index in [1.165, 1.54) is 12.1 Å². The van der Waals surface area contributed by atoms with Crippen LogP contribution in [0.15, 0.2) is 42.5 Å². The van der Waals surface area contributed by atoms with Crippen LogP contribution in [0.25, 0.3) is 0 Å². The van der Waals surface area contributed by atoms with Crippen LogP contribution in [0, 0.1) is 5.82 Å². The van der Waals surface area contributed by atoms with Gasteiger partial charge in [-0.25, -0.2) is 9.18 Å². The smallest absolute Gasteiger partial charge is 0.319 e. The van der Waals surface area contributed by atoms with Crippen molar-refractivity contribution in [2.45, 2.75) is 20.4 Å². The van der Waals surface area contributed by atoms with Crippen LogP contribution in [-0.4, -0.2) is 67.6 Å². The molecule has 0 aromatic heterocycles. The lowest BCUT2D eigenvalue weighted by Gasteiger charge is -2.34. The molecule has 0 radical (unpaired) electrons. The van der Waals surface area contributed by atoms with Crippen molar-refractivity contribution < 1.29 is 18.7 Å². The third kappa shape index (κ3) is 8.81. The highest BCUT2D eigenvalue weighted by Crippen LogP contribution is 2.28. The molecule has 0 aliphatic carbocycles. The summed E-state index contributed by atoms with van der Waals surface area (Å²) in [6.45, 7) is 7.80. The van der Waals surface area contributed by atoms with Crippen molar-refractivity contribution in [1.29, 1.82) is 0 Å². The van der Waals surface area contributed by atoms with E-state index >= 15 is 0 Å². The molecule has 2 aromatic rings. The van der Waals surface area contributed by atoms with Crippen molar-refractivity contribution in [3.8, 4) is 5.75 Å². The third-order valence-corrected chi connectivity index (χ3v) is 5.25. The van der Waals surface area contributed by atoms with Crippen LogP contribution in [0.1, 0.15) is 19.4 Å². The number of nitrogens with one attached hydrogen (secondary N) is 2. The molecule has 0 unspecified atom stereocenters. The average Bonchev–Trinajstić information content (AvgIpc) is 2.85. The number of benzene rings is 2. The van der Waals surface area contributed by atoms with Crippen molar-refractivity contribution in [1.82, 2.24) is 15.1 Å². The fourth-order valence-electron chi connectivity index (χ4n) is 3.31. The SMILES string of the molecule is CC.NCCNC(=O)Nc1cc(Cl)ccc1OCC(=O)N1CCN(Cc2ccc(F)cc2)CC1. The molecule has 8 nitrogen and oxygen atoms in total. The molecule has 2 aromatic carbocycles. The Balaban J connectivity index is 0.00000199. The van der Waals surface area contributed by atoms with E-state index in [9.17, 15) is 14.0 Å². The Morgan fingerprint density at radius 3 is 2.41 bits per heavy atom. The number of piperazine rings is 1. The van der Waals surface area contributed by atoms with Crippen LogP contribution in [0.2, 0.25) is 5.02 Å². The van der Waals surface area contributed by atoms with Gasteiger partial charge in [0.2, 0.25) is 0 Å². The zero-order chi connectivity index (χ0) is 24.9. The van der Waals surface area contributed by atoms with E-state index in [-0.39, 0.29) is 18.3 Å². The Hall–Kier alpha value is -2.88. The van der Waals surface area contributed by atoms with Crippen LogP contribution in [0.4, 0.5) is 14.9 Å². The maximum Gasteiger partial charge on any atom is 0.319 e. The first-order valence-corrected chi connectivity index (χ1v) is 11.7. The van der Waals surface area contributed by atoms with E-state index in [2.05, 4.69) is 15.5 Å². The summed E-state index contributed by atoms with van der Waals surface area (Å²) >= 11 is 6.02. The fourth-order valence-corrected chi connectivity index (χ4v) is 3.48. The van der Waals surface area contributed by atoms with Crippen molar-refractivity contribution in [3.63, 3.8) is 0 Å². The number of halogens is 2. The minimum absolute atomic E-state index is 0.139. The van der Waals surface area contributed by atoms with E-state index < -0.39 is 6.03 Å². The highest BCUT2D eigenvalue weighted by atomic mass is 35.5. The molecule has 0 bridgehead atoms. The Labute approximate surface area is 205 Å². The van der Waals surface area contributed by atoms with Crippen molar-refractivity contribution in [2.75, 3.05) is 51.2 Å². The molecule has 1 fully saturated rings. The number of hydrogen-bond acceptors (Lipinski definition) is 5. The summed E-state index contributed by atoms with van der Waals surface area (Å²) in [5.74, 6) is -0.0418. The molecule has 0 saturated carbocycles. The molecule has 186 valence electrons. The first-order valence-electron chi connectivity index (χ1n) is 11.4. The molecule has 4 N–H and O–H groups in total. The summed E-state index contributed by atoms with van der Waals surface area (Å²) in [6.07, 6.45) is 0. The Kier molecular flexibility index (Phi) is 11.6. The highest BCUT2D eigenvalue weighted by Gasteiger charge is 2.22. The minimum atomic E-state index is -0.439. The van der Waals surface area contributed by atoms with Gasteiger partial charge < -0.3 is 26.0 Å². The second kappa shape index (κ2) is 14.4. The second-order valence-corrected chi connectivity index (χ2v) is 7.82. The Bertz CT molecular complexity index is 921. The van der Waals surface area contributed by atoms with Gasteiger partial charge in [0.15, 0.2) is 6.61 Å². The topological polar surface area (TPSA) is 99.9 Å². The lowest BCUT2D eigenvalue weighted by atomic mass is 10.2. The predicted molar refractivity (Wildman–Crippen MR) is 133 cm³/mol. The minimum Gasteiger partial charge on any atom is -0.482 e. The van der Waals surface area contributed by atoms with Crippen LogP contribution < -0.4 is 21.1 Å². The van der Waals surface area contributed by atoms with Crippen LogP contribution in [-0.2, 0) is 11.3 Å². The van der Waals surface area contributed by atoms with Crippen molar-refractivity contribution >= 4 is 29.2 Å². The molecule has 10 heteroatoms. The summed E-state index contributed by atoms with van der Waals surface area (Å²) in [4.78, 5) is 28.5. The predicted octanol–water partition coefficient (Wildman–Crippen LogP) is 3.31. The zero-order valence-electron chi connectivity index (χ0n) is 19.7. The monoisotopic (exact) mass is 493 g/mol. The quantitative estimate of drug-likeness (QED) is 0.524. The number of carbonyl (C=O) groups is 2. The molecular formula is C24H33ClFN5O3. The van der Waals surface area contributed by atoms with Gasteiger partial charge in [0, 0.05) is 50.8 Å². The van der Waals surface area contributed by atoms with Gasteiger partial charge in [0.05, 0.1) is 5.69 Å². The number of anilines is 1. The molecule has 1 aliphatic rings. The lowest BCUT2D eigenvalue weighted by Crippen LogP contribution is -2.49. The summed E-state index contributed by atoms with van der Waals surface area (Å²) < 4.78 is 18.7. The molecule has 1 aliphatic heterocycles. The van der Waals surface area contributed by atoms with Gasteiger partial charge in [0.1, 0.15) is 11.6 Å². The largest absolute Gasteiger partial charge is 0.482 e. The fraction of sp³-hybridized carbons (Fsp3) is 0.417. The molecule has 34 heavy (non-hydrogen) atoms. The van der Waals surface area contributed by atoms with Crippen molar-refractivity contribution in [2.24, 2.45) is 5.73 Å². The zero-order valence-corrected chi connectivity index (χ0v) is 20.4. The van der Waals surface area contributed by atoms with E-state index in [0.29, 0.717) is 49.2 Å². The van der Waals surface area contributed by atoms with Crippen LogP contribution in [0.3, 0.4) is 0 Å². The Morgan fingerprint density at radius 1 is 1.09 bits per heavy atom. The van der Waals surface area contributed by atoms with E-state index in [1.54, 1.807) is 35.2 Å². The van der Waals surface area contributed by atoms with Gasteiger partial charge in [-0.1, -0.05) is 37.6 Å². The number of ether oxygens (including phenoxy) is 1. The van der Waals surface area contributed by atoms with Gasteiger partial charge in [-0.3, -0.25) is 9.69 Å². The number of nitrogens with zero attached hydrogens (tertiary/aromatic N) is 2. The average molecular weight is 494 g/mol. The molecule has 3 amide bonds. The number of urea groups is 1. The number of rotatable bonds is 8. The second-order valence-electron chi connectivity index (χ2n) is 7.38. The van der Waals surface area contributed by atoms with E-state index in [0.717, 1.165) is 18.7 Å². The molecular weight excluding hydrogens is 461 g/mol. The molecule has 0 atom stereocenters. The first kappa shape index (κ1) is 27.4. The number of carbonyl (C=O) groups excluding carboxylic acids is 2. The maximum atomic E-state index is 13.1. The molecule has 0 spiro atoms. The van der Waals surface area contributed by atoms with Gasteiger partial charge >= 0.3 is 6.03 Å². The summed E-state index contributed by atoms with van der Waals surface area (Å²) in [7, 11) is 0. The number of hydrogen-bond donors (Lipinski definition) is 3. The van der Waals surface area contributed by atoms with Gasteiger partial charge in [-0.15, -0.1) is 0 Å². The van der Waals surface area contributed by atoms with E-state index in [4.69, 9.17) is 22.1 Å². The normalized spacial score (nSPS) is 13.5. The van der Waals surface area contributed by atoms with E-state index in [1.807, 2.05) is 13.8 Å². The standard InChI is InChI=1S/C22H27ClFN5O3.C2H6/c23-17-3-6-20(19(13-17)27-22(31)26-8-7-25)32-15-21(30)29-11-9-28(10-12-29)14-16-1-4-18(24)5-2-16;1-2/h1-6,13H,7-12,14-15,25H2,(H2,26,27,31);1-2H3. The van der Waals surface area contributed by atoms with Gasteiger partial charge in [-0.05, 0) is 35.9 Å². The number of amides is 3. The van der Waals surface area contributed by atoms with Crippen LogP contribution in [0.5, 0.6) is 5.75 Å². The lowest BCUT2D eigenvalue weighted by molar-refractivity contribution is -0.135. The number of nitrogens with two attached hydrogens (primary N) is 1. The summed E-state index contributed by atoms with van der Waals surface area (Å²) in [5, 5.41) is 5.67. The van der Waals surface area contributed by atoms with Gasteiger partial charge in [0.25, 0.3) is 5.91 Å². The summed E-state index contributed by atoms with van der Waals surface area (Å²) in [6, 6.07) is 10.8. The summed E-state index contributed by atoms with van der Waals surface area (Å²) in [5.41, 5.74) is 6.78. The Morgan fingerprint density at radius 2 is 1.76 bits per heavy atom. The maximum absolute atomic E-state index is 13.1. The molecule has 3 rings (SSSR count).